The number of hydrogen-bond acceptors (Lipinski definition) is 1. The van der Waals surface area contributed by atoms with E-state index in [1.54, 1.807) is 0 Å². The summed E-state index contributed by atoms with van der Waals surface area (Å²) in [6.45, 7) is 7.34. The zero-order chi connectivity index (χ0) is 12.4. The lowest BCUT2D eigenvalue weighted by Crippen LogP contribution is -1.93. The van der Waals surface area contributed by atoms with Gasteiger partial charge in [-0.2, -0.15) is 5.10 Å². The number of rotatable bonds is 3. The van der Waals surface area contributed by atoms with Crippen LogP contribution in [0.2, 0.25) is 5.02 Å². The Balaban J connectivity index is 2.50. The van der Waals surface area contributed by atoms with Gasteiger partial charge in [-0.05, 0) is 36.1 Å². The number of aryl methyl sites for hydroxylation is 1. The molecule has 2 nitrogen and oxygen atoms in total. The van der Waals surface area contributed by atoms with E-state index < -0.39 is 0 Å². The molecule has 0 unspecified atom stereocenters. The van der Waals surface area contributed by atoms with E-state index in [0.29, 0.717) is 5.92 Å². The molecule has 0 saturated heterocycles. The summed E-state index contributed by atoms with van der Waals surface area (Å²) in [5, 5.41) is 5.11. The molecule has 1 heterocycles. The van der Waals surface area contributed by atoms with Gasteiger partial charge in [0.25, 0.3) is 0 Å². The molecule has 0 atom stereocenters. The molecule has 1 aromatic carbocycles. The van der Waals surface area contributed by atoms with Gasteiger partial charge in [-0.25, -0.2) is 0 Å². The molecule has 17 heavy (non-hydrogen) atoms. The summed E-state index contributed by atoms with van der Waals surface area (Å²) < 4.78 is 1.94. The molecule has 0 aliphatic carbocycles. The summed E-state index contributed by atoms with van der Waals surface area (Å²) in [6.07, 6.45) is 3.99. The molecule has 2 aromatic rings. The van der Waals surface area contributed by atoms with Crippen LogP contribution < -0.4 is 0 Å². The lowest BCUT2D eigenvalue weighted by molar-refractivity contribution is 0.660. The second kappa shape index (κ2) is 4.92. The standard InChI is InChI=1S/C14H17ClN2/c1-4-17-9-11(8-16-17)13-6-5-12(15)7-14(13)10(2)3/h5-10H,4H2,1-3H3. The third-order valence-electron chi connectivity index (χ3n) is 2.90. The molecular formula is C14H17ClN2. The van der Waals surface area contributed by atoms with Gasteiger partial charge < -0.3 is 0 Å². The van der Waals surface area contributed by atoms with E-state index in [2.05, 4.69) is 38.1 Å². The predicted octanol–water partition coefficient (Wildman–Crippen LogP) is 4.35. The Hall–Kier alpha value is -1.28. The van der Waals surface area contributed by atoms with Crippen LogP contribution in [0.1, 0.15) is 32.3 Å². The first-order valence-corrected chi connectivity index (χ1v) is 6.32. The molecule has 0 fully saturated rings. The molecular weight excluding hydrogens is 232 g/mol. The van der Waals surface area contributed by atoms with Crippen LogP contribution in [-0.4, -0.2) is 9.78 Å². The maximum atomic E-state index is 6.06. The maximum absolute atomic E-state index is 6.06. The van der Waals surface area contributed by atoms with E-state index in [0.717, 1.165) is 17.1 Å². The van der Waals surface area contributed by atoms with E-state index >= 15 is 0 Å². The molecule has 0 N–H and O–H groups in total. The molecule has 0 radical (unpaired) electrons. The second-order valence-electron chi connectivity index (χ2n) is 4.47. The van der Waals surface area contributed by atoms with Gasteiger partial charge in [-0.3, -0.25) is 4.68 Å². The molecule has 90 valence electrons. The van der Waals surface area contributed by atoms with Crippen molar-refractivity contribution in [1.82, 2.24) is 9.78 Å². The number of aromatic nitrogens is 2. The van der Waals surface area contributed by atoms with Crippen LogP contribution in [0.5, 0.6) is 0 Å². The largest absolute Gasteiger partial charge is 0.272 e. The fraction of sp³-hybridized carbons (Fsp3) is 0.357. The molecule has 3 heteroatoms. The summed E-state index contributed by atoms with van der Waals surface area (Å²) in [6, 6.07) is 6.06. The predicted molar refractivity (Wildman–Crippen MR) is 72.4 cm³/mol. The van der Waals surface area contributed by atoms with Gasteiger partial charge in [0.15, 0.2) is 0 Å². The zero-order valence-corrected chi connectivity index (χ0v) is 11.2. The van der Waals surface area contributed by atoms with Gasteiger partial charge in [0.2, 0.25) is 0 Å². The van der Waals surface area contributed by atoms with Crippen molar-refractivity contribution in [2.24, 2.45) is 0 Å². The Morgan fingerprint density at radius 3 is 2.71 bits per heavy atom. The molecule has 0 saturated carbocycles. The Bertz CT molecular complexity index is 515. The Kier molecular flexibility index (Phi) is 3.53. The SMILES string of the molecule is CCn1cc(-c2ccc(Cl)cc2C(C)C)cn1. The van der Waals surface area contributed by atoms with Crippen molar-refractivity contribution in [2.75, 3.05) is 0 Å². The lowest BCUT2D eigenvalue weighted by atomic mass is 9.94. The minimum Gasteiger partial charge on any atom is -0.272 e. The van der Waals surface area contributed by atoms with Crippen LogP contribution in [0.15, 0.2) is 30.6 Å². The van der Waals surface area contributed by atoms with Gasteiger partial charge in [-0.15, -0.1) is 0 Å². The number of hydrogen-bond donors (Lipinski definition) is 0. The number of halogens is 1. The van der Waals surface area contributed by atoms with Crippen molar-refractivity contribution in [3.8, 4) is 11.1 Å². The molecule has 0 amide bonds. The Morgan fingerprint density at radius 2 is 2.12 bits per heavy atom. The van der Waals surface area contributed by atoms with E-state index in [-0.39, 0.29) is 0 Å². The number of nitrogens with zero attached hydrogens (tertiary/aromatic N) is 2. The van der Waals surface area contributed by atoms with Crippen molar-refractivity contribution in [1.29, 1.82) is 0 Å². The van der Waals surface area contributed by atoms with Gasteiger partial charge in [0.05, 0.1) is 6.20 Å². The fourth-order valence-corrected chi connectivity index (χ4v) is 2.13. The lowest BCUT2D eigenvalue weighted by Gasteiger charge is -2.11. The molecule has 0 bridgehead atoms. The molecule has 2 rings (SSSR count). The van der Waals surface area contributed by atoms with E-state index in [9.17, 15) is 0 Å². The quantitative estimate of drug-likeness (QED) is 0.790. The van der Waals surface area contributed by atoms with Gasteiger partial charge >= 0.3 is 0 Å². The maximum Gasteiger partial charge on any atom is 0.0568 e. The van der Waals surface area contributed by atoms with Crippen molar-refractivity contribution in [3.63, 3.8) is 0 Å². The van der Waals surface area contributed by atoms with Crippen LogP contribution in [-0.2, 0) is 6.54 Å². The Morgan fingerprint density at radius 1 is 1.35 bits per heavy atom. The number of benzene rings is 1. The minimum atomic E-state index is 0.452. The van der Waals surface area contributed by atoms with Crippen LogP contribution in [0.3, 0.4) is 0 Å². The first-order valence-electron chi connectivity index (χ1n) is 5.94. The average molecular weight is 249 g/mol. The van der Waals surface area contributed by atoms with Crippen molar-refractivity contribution < 1.29 is 0 Å². The smallest absolute Gasteiger partial charge is 0.0568 e. The van der Waals surface area contributed by atoms with E-state index in [1.807, 2.05) is 23.0 Å². The first kappa shape index (κ1) is 12.2. The highest BCUT2D eigenvalue weighted by Crippen LogP contribution is 2.31. The monoisotopic (exact) mass is 248 g/mol. The topological polar surface area (TPSA) is 17.8 Å². The molecule has 0 aliphatic rings. The van der Waals surface area contributed by atoms with Crippen LogP contribution in [0.25, 0.3) is 11.1 Å². The highest BCUT2D eigenvalue weighted by molar-refractivity contribution is 6.30. The van der Waals surface area contributed by atoms with Crippen LogP contribution >= 0.6 is 11.6 Å². The van der Waals surface area contributed by atoms with Crippen LogP contribution in [0, 0.1) is 0 Å². The van der Waals surface area contributed by atoms with Gasteiger partial charge in [-0.1, -0.05) is 31.5 Å². The average Bonchev–Trinajstić information content (AvgIpc) is 2.77. The summed E-state index contributed by atoms with van der Waals surface area (Å²) in [5.41, 5.74) is 3.66. The van der Waals surface area contributed by atoms with E-state index in [4.69, 9.17) is 11.6 Å². The zero-order valence-electron chi connectivity index (χ0n) is 10.4. The molecule has 0 spiro atoms. The normalized spacial score (nSPS) is 11.1. The summed E-state index contributed by atoms with van der Waals surface area (Å²) in [4.78, 5) is 0. The van der Waals surface area contributed by atoms with Gasteiger partial charge in [0, 0.05) is 23.3 Å². The minimum absolute atomic E-state index is 0.452. The first-order chi connectivity index (χ1) is 8.11. The summed E-state index contributed by atoms with van der Waals surface area (Å²) >= 11 is 6.06. The fourth-order valence-electron chi connectivity index (χ4n) is 1.95. The van der Waals surface area contributed by atoms with Crippen molar-refractivity contribution in [2.45, 2.75) is 33.2 Å². The van der Waals surface area contributed by atoms with Crippen molar-refractivity contribution in [3.05, 3.63) is 41.2 Å². The third kappa shape index (κ3) is 2.52. The van der Waals surface area contributed by atoms with E-state index in [1.165, 1.54) is 11.1 Å². The summed E-state index contributed by atoms with van der Waals surface area (Å²) in [5.74, 6) is 0.452. The Labute approximate surface area is 107 Å². The van der Waals surface area contributed by atoms with Crippen LogP contribution in [0.4, 0.5) is 0 Å². The third-order valence-corrected chi connectivity index (χ3v) is 3.14. The molecule has 0 aliphatic heterocycles. The van der Waals surface area contributed by atoms with Crippen molar-refractivity contribution >= 4 is 11.6 Å². The van der Waals surface area contributed by atoms with Gasteiger partial charge in [0.1, 0.15) is 0 Å². The highest BCUT2D eigenvalue weighted by atomic mass is 35.5. The second-order valence-corrected chi connectivity index (χ2v) is 4.91. The summed E-state index contributed by atoms with van der Waals surface area (Å²) in [7, 11) is 0. The highest BCUT2D eigenvalue weighted by Gasteiger charge is 2.10. The molecule has 1 aromatic heterocycles.